The van der Waals surface area contributed by atoms with Crippen molar-refractivity contribution >= 4 is 17.6 Å². The molecule has 53 heavy (non-hydrogen) atoms. The van der Waals surface area contributed by atoms with Crippen molar-refractivity contribution in [2.24, 2.45) is 0 Å². The molecule has 1 aromatic heterocycles. The van der Waals surface area contributed by atoms with Gasteiger partial charge in [0.05, 0.1) is 6.20 Å². The lowest BCUT2D eigenvalue weighted by molar-refractivity contribution is -0.127. The molecule has 8 heteroatoms. The molecule has 1 aliphatic rings. The molecule has 1 saturated heterocycles. The van der Waals surface area contributed by atoms with Crippen molar-refractivity contribution in [3.05, 3.63) is 160 Å². The van der Waals surface area contributed by atoms with E-state index < -0.39 is 0 Å². The molecule has 6 rings (SSSR count). The summed E-state index contributed by atoms with van der Waals surface area (Å²) in [6.45, 7) is 12.9. The standard InChI is InChI=1S/C45H46FN3O4/c1-32-5-16-41(17-6-32)51-26-21-33(2)39-12-7-36(8-13-39)30-48-22-24-49(25-23-48)44(50)20-11-38-27-34(3)45(35(4)28-38)53-43-19-18-42(29-47-43)52-31-37-9-14-40(46)15-10-37/h5-21,27-29H,22-26,30-31H2,1-4H3/b20-11+,33-21-. The fourth-order valence-corrected chi connectivity index (χ4v) is 6.15. The third-order valence-electron chi connectivity index (χ3n) is 9.30. The number of benzene rings is 4. The Balaban J connectivity index is 0.940. The molecule has 7 nitrogen and oxygen atoms in total. The molecule has 1 fully saturated rings. The molecule has 5 aromatic rings. The Hall–Kier alpha value is -5.73. The number of carbonyl (C=O) groups is 1. The van der Waals surface area contributed by atoms with Crippen molar-refractivity contribution < 1.29 is 23.4 Å². The molecule has 4 aromatic carbocycles. The SMILES string of the molecule is C/C(=C/COc1ccc(C)cc1)c1ccc(CN2CCN(C(=O)/C=C/c3cc(C)c(Oc4ccc(OCc5ccc(F)cc5)cn4)c(C)c3)CC2)cc1. The van der Waals surface area contributed by atoms with E-state index in [0.717, 1.165) is 53.4 Å². The van der Waals surface area contributed by atoms with Crippen molar-refractivity contribution in [1.82, 2.24) is 14.8 Å². The highest BCUT2D eigenvalue weighted by molar-refractivity contribution is 5.92. The summed E-state index contributed by atoms with van der Waals surface area (Å²) in [5.74, 6) is 2.38. The lowest BCUT2D eigenvalue weighted by atomic mass is 10.0. The van der Waals surface area contributed by atoms with Gasteiger partial charge in [-0.25, -0.2) is 9.37 Å². The van der Waals surface area contributed by atoms with Crippen LogP contribution in [0.4, 0.5) is 4.39 Å². The molecular weight excluding hydrogens is 666 g/mol. The quantitative estimate of drug-likeness (QED) is 0.114. The van der Waals surface area contributed by atoms with Crippen LogP contribution >= 0.6 is 0 Å². The minimum Gasteiger partial charge on any atom is -0.490 e. The van der Waals surface area contributed by atoms with Gasteiger partial charge in [0.15, 0.2) is 0 Å². The first-order valence-electron chi connectivity index (χ1n) is 18.0. The van der Waals surface area contributed by atoms with Crippen LogP contribution in [-0.2, 0) is 17.9 Å². The van der Waals surface area contributed by atoms with Crippen LogP contribution in [0.15, 0.2) is 115 Å². The molecule has 1 aliphatic heterocycles. The van der Waals surface area contributed by atoms with E-state index in [1.807, 2.05) is 49.1 Å². The number of nitrogens with zero attached hydrogens (tertiary/aromatic N) is 3. The van der Waals surface area contributed by atoms with Crippen LogP contribution < -0.4 is 14.2 Å². The van der Waals surface area contributed by atoms with Crippen LogP contribution in [0.1, 0.15) is 45.9 Å². The summed E-state index contributed by atoms with van der Waals surface area (Å²) in [4.78, 5) is 21.8. The Morgan fingerprint density at radius 3 is 2.11 bits per heavy atom. The van der Waals surface area contributed by atoms with E-state index in [1.165, 1.54) is 34.4 Å². The Morgan fingerprint density at radius 2 is 1.45 bits per heavy atom. The molecule has 0 aliphatic carbocycles. The van der Waals surface area contributed by atoms with Crippen LogP contribution in [-0.4, -0.2) is 53.5 Å². The van der Waals surface area contributed by atoms with E-state index in [1.54, 1.807) is 36.5 Å². The zero-order chi connectivity index (χ0) is 37.2. The molecule has 2 heterocycles. The Labute approximate surface area is 312 Å². The van der Waals surface area contributed by atoms with Crippen molar-refractivity contribution in [2.45, 2.75) is 40.8 Å². The highest BCUT2D eigenvalue weighted by atomic mass is 19.1. The summed E-state index contributed by atoms with van der Waals surface area (Å²) in [5, 5.41) is 0. The van der Waals surface area contributed by atoms with Crippen LogP contribution in [0.5, 0.6) is 23.1 Å². The highest BCUT2D eigenvalue weighted by Gasteiger charge is 2.20. The van der Waals surface area contributed by atoms with Gasteiger partial charge in [0, 0.05) is 44.9 Å². The zero-order valence-corrected chi connectivity index (χ0v) is 30.8. The van der Waals surface area contributed by atoms with Crippen molar-refractivity contribution in [2.75, 3.05) is 32.8 Å². The van der Waals surface area contributed by atoms with Crippen molar-refractivity contribution in [1.29, 1.82) is 0 Å². The van der Waals surface area contributed by atoms with Crippen molar-refractivity contribution in [3.63, 3.8) is 0 Å². The number of piperazine rings is 1. The van der Waals surface area contributed by atoms with E-state index in [2.05, 4.69) is 66.2 Å². The Bertz CT molecular complexity index is 2010. The minimum absolute atomic E-state index is 0.0178. The molecule has 272 valence electrons. The van der Waals surface area contributed by atoms with Gasteiger partial charge < -0.3 is 19.1 Å². The summed E-state index contributed by atoms with van der Waals surface area (Å²) < 4.78 is 30.9. The third kappa shape index (κ3) is 10.7. The predicted octanol–water partition coefficient (Wildman–Crippen LogP) is 9.36. The number of aryl methyl sites for hydroxylation is 3. The van der Waals surface area contributed by atoms with E-state index in [-0.39, 0.29) is 11.7 Å². The molecule has 0 atom stereocenters. The number of ether oxygens (including phenoxy) is 3. The number of pyridine rings is 1. The summed E-state index contributed by atoms with van der Waals surface area (Å²) in [6, 6.07) is 30.6. The number of halogens is 1. The lowest BCUT2D eigenvalue weighted by Gasteiger charge is -2.34. The number of amides is 1. The minimum atomic E-state index is -0.278. The molecule has 0 radical (unpaired) electrons. The lowest BCUT2D eigenvalue weighted by Crippen LogP contribution is -2.47. The number of hydrogen-bond donors (Lipinski definition) is 0. The summed E-state index contributed by atoms with van der Waals surface area (Å²) in [5.41, 5.74) is 8.53. The van der Waals surface area contributed by atoms with Gasteiger partial charge in [-0.15, -0.1) is 0 Å². The molecule has 0 N–H and O–H groups in total. The maximum atomic E-state index is 13.1. The van der Waals surface area contributed by atoms with Gasteiger partial charge in [-0.3, -0.25) is 9.69 Å². The van der Waals surface area contributed by atoms with Crippen LogP contribution in [0.3, 0.4) is 0 Å². The second kappa shape index (κ2) is 17.7. The molecule has 0 spiro atoms. The normalized spacial score (nSPS) is 13.7. The van der Waals surface area contributed by atoms with Crippen LogP contribution in [0.25, 0.3) is 11.6 Å². The monoisotopic (exact) mass is 711 g/mol. The Morgan fingerprint density at radius 1 is 0.792 bits per heavy atom. The third-order valence-corrected chi connectivity index (χ3v) is 9.30. The van der Waals surface area contributed by atoms with Crippen LogP contribution in [0, 0.1) is 26.6 Å². The van der Waals surface area contributed by atoms with Gasteiger partial charge in [-0.2, -0.15) is 0 Å². The second-order valence-electron chi connectivity index (χ2n) is 13.5. The first-order chi connectivity index (χ1) is 25.7. The average Bonchev–Trinajstić information content (AvgIpc) is 3.17. The first kappa shape index (κ1) is 37.0. The predicted molar refractivity (Wildman–Crippen MR) is 209 cm³/mol. The highest BCUT2D eigenvalue weighted by Crippen LogP contribution is 2.30. The van der Waals surface area contributed by atoms with Gasteiger partial charge in [0.1, 0.15) is 36.3 Å². The molecule has 0 saturated carbocycles. The number of aromatic nitrogens is 1. The van der Waals surface area contributed by atoms with Gasteiger partial charge >= 0.3 is 0 Å². The van der Waals surface area contributed by atoms with Crippen LogP contribution in [0.2, 0.25) is 0 Å². The van der Waals surface area contributed by atoms with Gasteiger partial charge in [-0.05, 0) is 121 Å². The zero-order valence-electron chi connectivity index (χ0n) is 30.8. The van der Waals surface area contributed by atoms with Crippen molar-refractivity contribution in [3.8, 4) is 23.1 Å². The number of allylic oxidation sites excluding steroid dienone is 1. The molecule has 0 unspecified atom stereocenters. The van der Waals surface area contributed by atoms with E-state index in [4.69, 9.17) is 14.2 Å². The van der Waals surface area contributed by atoms with Gasteiger partial charge in [-0.1, -0.05) is 54.1 Å². The van der Waals surface area contributed by atoms with Gasteiger partial charge in [0.25, 0.3) is 0 Å². The second-order valence-corrected chi connectivity index (χ2v) is 13.5. The summed E-state index contributed by atoms with van der Waals surface area (Å²) in [6.07, 6.45) is 7.25. The fourth-order valence-electron chi connectivity index (χ4n) is 6.15. The number of carbonyl (C=O) groups excluding carboxylic acids is 1. The van der Waals surface area contributed by atoms with E-state index in [9.17, 15) is 9.18 Å². The topological polar surface area (TPSA) is 64.1 Å². The maximum absolute atomic E-state index is 13.1. The average molecular weight is 712 g/mol. The fraction of sp³-hybridized carbons (Fsp3) is 0.244. The van der Waals surface area contributed by atoms with E-state index >= 15 is 0 Å². The maximum Gasteiger partial charge on any atom is 0.246 e. The van der Waals surface area contributed by atoms with E-state index in [0.29, 0.717) is 37.9 Å². The number of hydrogen-bond acceptors (Lipinski definition) is 6. The largest absolute Gasteiger partial charge is 0.490 e. The smallest absolute Gasteiger partial charge is 0.246 e. The Kier molecular flexibility index (Phi) is 12.3. The summed E-state index contributed by atoms with van der Waals surface area (Å²) in [7, 11) is 0. The molecule has 0 bridgehead atoms. The molecule has 1 amide bonds. The van der Waals surface area contributed by atoms with Gasteiger partial charge in [0.2, 0.25) is 11.8 Å². The molecular formula is C45H46FN3O4. The summed E-state index contributed by atoms with van der Waals surface area (Å²) >= 11 is 0. The number of rotatable bonds is 13. The first-order valence-corrected chi connectivity index (χ1v) is 18.0.